The average Bonchev–Trinajstić information content (AvgIpc) is 2.72. The van der Waals surface area contributed by atoms with Crippen LogP contribution < -0.4 is 5.32 Å². The molecule has 4 atom stereocenters. The molecule has 1 N–H and O–H groups in total. The van der Waals surface area contributed by atoms with Crippen molar-refractivity contribution in [2.45, 2.75) is 71.9 Å². The number of rotatable bonds is 3. The number of likely N-dealkylation sites (tertiary alicyclic amines) is 1. The van der Waals surface area contributed by atoms with Gasteiger partial charge in [0.05, 0.1) is 0 Å². The Labute approximate surface area is 119 Å². The van der Waals surface area contributed by atoms with Gasteiger partial charge in [-0.25, -0.2) is 0 Å². The highest BCUT2D eigenvalue weighted by atomic mass is 15.2. The van der Waals surface area contributed by atoms with Crippen molar-refractivity contribution >= 4 is 0 Å². The smallest absolute Gasteiger partial charge is 0.0198 e. The molecule has 1 saturated heterocycles. The lowest BCUT2D eigenvalue weighted by atomic mass is 9.69. The molecule has 1 heterocycles. The number of hydrogen-bond acceptors (Lipinski definition) is 2. The molecular weight excluding hydrogens is 232 g/mol. The van der Waals surface area contributed by atoms with E-state index >= 15 is 0 Å². The molecule has 3 fully saturated rings. The lowest BCUT2D eigenvalue weighted by Crippen LogP contribution is -2.53. The largest absolute Gasteiger partial charge is 0.309 e. The maximum Gasteiger partial charge on any atom is 0.0198 e. The summed E-state index contributed by atoms with van der Waals surface area (Å²) in [5.41, 5.74) is 1.08. The number of nitrogens with zero attached hydrogens (tertiary/aromatic N) is 1. The molecule has 0 aromatic heterocycles. The zero-order chi connectivity index (χ0) is 13.7. The predicted molar refractivity (Wildman–Crippen MR) is 81.3 cm³/mol. The highest BCUT2D eigenvalue weighted by molar-refractivity contribution is 5.13. The molecule has 0 radical (unpaired) electrons. The van der Waals surface area contributed by atoms with Crippen molar-refractivity contribution < 1.29 is 0 Å². The molecule has 0 aromatic carbocycles. The van der Waals surface area contributed by atoms with Crippen molar-refractivity contribution in [1.29, 1.82) is 0 Å². The Morgan fingerprint density at radius 3 is 2.58 bits per heavy atom. The first-order chi connectivity index (χ1) is 8.97. The predicted octanol–water partition coefficient (Wildman–Crippen LogP) is 3.28. The molecular formula is C17H32N2. The second kappa shape index (κ2) is 4.73. The van der Waals surface area contributed by atoms with Crippen LogP contribution in [0.15, 0.2) is 0 Å². The lowest BCUT2D eigenvalue weighted by molar-refractivity contribution is 0.102. The molecule has 4 unspecified atom stereocenters. The van der Waals surface area contributed by atoms with Crippen LogP contribution in [0.2, 0.25) is 0 Å². The summed E-state index contributed by atoms with van der Waals surface area (Å²) >= 11 is 0. The van der Waals surface area contributed by atoms with E-state index in [1.54, 1.807) is 0 Å². The highest BCUT2D eigenvalue weighted by Gasteiger charge is 2.61. The van der Waals surface area contributed by atoms with E-state index in [0.717, 1.165) is 18.0 Å². The fraction of sp³-hybridized carbons (Fsp3) is 1.00. The summed E-state index contributed by atoms with van der Waals surface area (Å²) in [6.45, 7) is 13.7. The van der Waals surface area contributed by atoms with Gasteiger partial charge in [0, 0.05) is 18.6 Å². The quantitative estimate of drug-likeness (QED) is 0.841. The van der Waals surface area contributed by atoms with Gasteiger partial charge in [0.15, 0.2) is 0 Å². The van der Waals surface area contributed by atoms with Gasteiger partial charge in [0.25, 0.3) is 0 Å². The first kappa shape index (κ1) is 13.9. The molecule has 2 heteroatoms. The van der Waals surface area contributed by atoms with E-state index in [1.807, 2.05) is 0 Å². The summed E-state index contributed by atoms with van der Waals surface area (Å²) in [5.74, 6) is 0.959. The normalized spacial score (nSPS) is 45.8. The van der Waals surface area contributed by atoms with E-state index in [2.05, 4.69) is 37.9 Å². The van der Waals surface area contributed by atoms with Crippen LogP contribution in [0.5, 0.6) is 0 Å². The SMILES string of the molecule is CCN1CCCC(NC2CC3CCC2(C)C3(C)C)C1. The van der Waals surface area contributed by atoms with E-state index in [4.69, 9.17) is 0 Å². The summed E-state index contributed by atoms with van der Waals surface area (Å²) < 4.78 is 0. The highest BCUT2D eigenvalue weighted by Crippen LogP contribution is 2.65. The molecule has 3 rings (SSSR count). The number of fused-ring (bicyclic) bond motifs is 2. The maximum absolute atomic E-state index is 4.07. The van der Waals surface area contributed by atoms with Crippen molar-refractivity contribution in [3.8, 4) is 0 Å². The van der Waals surface area contributed by atoms with Gasteiger partial charge in [-0.3, -0.25) is 0 Å². The molecule has 2 saturated carbocycles. The van der Waals surface area contributed by atoms with Crippen LogP contribution >= 0.6 is 0 Å². The average molecular weight is 264 g/mol. The van der Waals surface area contributed by atoms with Crippen LogP contribution in [0.3, 0.4) is 0 Å². The van der Waals surface area contributed by atoms with Crippen LogP contribution in [-0.4, -0.2) is 36.6 Å². The van der Waals surface area contributed by atoms with Crippen molar-refractivity contribution in [3.63, 3.8) is 0 Å². The second-order valence-corrected chi connectivity index (χ2v) is 8.06. The fourth-order valence-corrected chi connectivity index (χ4v) is 5.22. The molecule has 2 nitrogen and oxygen atoms in total. The molecule has 19 heavy (non-hydrogen) atoms. The number of likely N-dealkylation sites (N-methyl/N-ethyl adjacent to an activating group) is 1. The van der Waals surface area contributed by atoms with Gasteiger partial charge in [-0.1, -0.05) is 27.7 Å². The molecule has 3 aliphatic rings. The summed E-state index contributed by atoms with van der Waals surface area (Å²) in [5, 5.41) is 4.07. The summed E-state index contributed by atoms with van der Waals surface area (Å²) in [6.07, 6.45) is 7.09. The monoisotopic (exact) mass is 264 g/mol. The minimum absolute atomic E-state index is 0.534. The van der Waals surface area contributed by atoms with Crippen molar-refractivity contribution in [1.82, 2.24) is 10.2 Å². The third-order valence-electron chi connectivity index (χ3n) is 7.18. The first-order valence-corrected chi connectivity index (χ1v) is 8.46. The third kappa shape index (κ3) is 2.06. The third-order valence-corrected chi connectivity index (χ3v) is 7.18. The number of hydrogen-bond donors (Lipinski definition) is 1. The van der Waals surface area contributed by atoms with E-state index in [9.17, 15) is 0 Å². The molecule has 2 bridgehead atoms. The lowest BCUT2D eigenvalue weighted by Gasteiger charge is -2.43. The Hall–Kier alpha value is -0.0800. The number of nitrogens with one attached hydrogen (secondary N) is 1. The summed E-state index contributed by atoms with van der Waals surface area (Å²) in [4.78, 5) is 2.61. The Balaban J connectivity index is 1.65. The van der Waals surface area contributed by atoms with Crippen LogP contribution in [-0.2, 0) is 0 Å². The van der Waals surface area contributed by atoms with Crippen molar-refractivity contribution in [2.24, 2.45) is 16.7 Å². The van der Waals surface area contributed by atoms with Gasteiger partial charge < -0.3 is 10.2 Å². The van der Waals surface area contributed by atoms with E-state index in [0.29, 0.717) is 10.8 Å². The van der Waals surface area contributed by atoms with Gasteiger partial charge in [0.1, 0.15) is 0 Å². The van der Waals surface area contributed by atoms with Crippen LogP contribution in [0.25, 0.3) is 0 Å². The van der Waals surface area contributed by atoms with Crippen LogP contribution in [0.4, 0.5) is 0 Å². The molecule has 1 aliphatic heterocycles. The summed E-state index contributed by atoms with van der Waals surface area (Å²) in [7, 11) is 0. The van der Waals surface area contributed by atoms with Gasteiger partial charge in [0.2, 0.25) is 0 Å². The zero-order valence-electron chi connectivity index (χ0n) is 13.3. The Bertz CT molecular complexity index is 338. The minimum atomic E-state index is 0.534. The van der Waals surface area contributed by atoms with Gasteiger partial charge in [-0.05, 0) is 61.9 Å². The molecule has 2 aliphatic carbocycles. The zero-order valence-corrected chi connectivity index (χ0v) is 13.3. The summed E-state index contributed by atoms with van der Waals surface area (Å²) in [6, 6.07) is 1.51. The molecule has 0 spiro atoms. The van der Waals surface area contributed by atoms with E-state index in [1.165, 1.54) is 51.7 Å². The second-order valence-electron chi connectivity index (χ2n) is 8.06. The van der Waals surface area contributed by atoms with Crippen LogP contribution in [0, 0.1) is 16.7 Å². The van der Waals surface area contributed by atoms with Gasteiger partial charge in [-0.15, -0.1) is 0 Å². The standard InChI is InChI=1S/C17H32N2/c1-5-19-10-6-7-14(12-19)18-15-11-13-8-9-17(15,4)16(13,2)3/h13-15,18H,5-12H2,1-4H3. The fourth-order valence-electron chi connectivity index (χ4n) is 5.22. The number of piperidine rings is 1. The maximum atomic E-state index is 4.07. The van der Waals surface area contributed by atoms with Gasteiger partial charge >= 0.3 is 0 Å². The van der Waals surface area contributed by atoms with Gasteiger partial charge in [-0.2, -0.15) is 0 Å². The topological polar surface area (TPSA) is 15.3 Å². The van der Waals surface area contributed by atoms with Crippen molar-refractivity contribution in [3.05, 3.63) is 0 Å². The minimum Gasteiger partial charge on any atom is -0.309 e. The van der Waals surface area contributed by atoms with E-state index < -0.39 is 0 Å². The van der Waals surface area contributed by atoms with Crippen molar-refractivity contribution in [2.75, 3.05) is 19.6 Å². The Kier molecular flexibility index (Phi) is 3.46. The first-order valence-electron chi connectivity index (χ1n) is 8.46. The van der Waals surface area contributed by atoms with E-state index in [-0.39, 0.29) is 0 Å². The molecule has 0 aromatic rings. The Morgan fingerprint density at radius 2 is 2.00 bits per heavy atom. The van der Waals surface area contributed by atoms with Crippen LogP contribution in [0.1, 0.15) is 59.8 Å². The molecule has 0 amide bonds. The molecule has 110 valence electrons. The Morgan fingerprint density at radius 1 is 1.21 bits per heavy atom.